The summed E-state index contributed by atoms with van der Waals surface area (Å²) in [7, 11) is 1.62. The summed E-state index contributed by atoms with van der Waals surface area (Å²) in [6, 6.07) is 5.24. The Balaban J connectivity index is 1.88. The molecule has 1 aliphatic rings. The van der Waals surface area contributed by atoms with Crippen LogP contribution in [0.1, 0.15) is 35.7 Å². The predicted octanol–water partition coefficient (Wildman–Crippen LogP) is 3.22. The zero-order valence-electron chi connectivity index (χ0n) is 15.2. The van der Waals surface area contributed by atoms with Crippen LogP contribution in [0, 0.1) is 5.92 Å². The quantitative estimate of drug-likeness (QED) is 0.719. The van der Waals surface area contributed by atoms with Crippen molar-refractivity contribution in [2.24, 2.45) is 5.92 Å². The normalized spacial score (nSPS) is 18.9. The average Bonchev–Trinajstić information content (AvgIpc) is 2.68. The number of nitrogens with zero attached hydrogens (tertiary/aromatic N) is 2. The molecule has 0 saturated carbocycles. The standard InChI is InChI=1S/C19H24F3N5/c1-23-17(14-5-3-9-25-12-14)18-15(19(20,21)22)6-7-16(27-18)26-11-13-4-2-8-24-10-13/h3,5-7,9,12-13,17,23-24H,2,4,8,10-11H2,1H3,(H,26,27). The molecule has 0 bridgehead atoms. The molecule has 0 radical (unpaired) electrons. The second-order valence-corrected chi connectivity index (χ2v) is 6.73. The van der Waals surface area contributed by atoms with Crippen molar-refractivity contribution in [3.05, 3.63) is 53.5 Å². The van der Waals surface area contributed by atoms with Gasteiger partial charge >= 0.3 is 6.18 Å². The van der Waals surface area contributed by atoms with E-state index in [1.807, 2.05) is 0 Å². The fourth-order valence-corrected chi connectivity index (χ4v) is 3.39. The molecule has 0 amide bonds. The van der Waals surface area contributed by atoms with Gasteiger partial charge in [-0.25, -0.2) is 4.98 Å². The lowest BCUT2D eigenvalue weighted by atomic mass is 9.99. The minimum Gasteiger partial charge on any atom is -0.370 e. The third kappa shape index (κ3) is 4.95. The topological polar surface area (TPSA) is 61.9 Å². The Morgan fingerprint density at radius 3 is 2.78 bits per heavy atom. The minimum absolute atomic E-state index is 0.0511. The summed E-state index contributed by atoms with van der Waals surface area (Å²) in [5.74, 6) is 0.900. The van der Waals surface area contributed by atoms with Crippen molar-refractivity contribution in [3.63, 3.8) is 0 Å². The molecule has 3 heterocycles. The molecule has 0 aliphatic carbocycles. The van der Waals surface area contributed by atoms with Crippen molar-refractivity contribution in [1.82, 2.24) is 20.6 Å². The summed E-state index contributed by atoms with van der Waals surface area (Å²) in [4.78, 5) is 8.35. The van der Waals surface area contributed by atoms with Crippen molar-refractivity contribution < 1.29 is 13.2 Å². The number of aromatic nitrogens is 2. The summed E-state index contributed by atoms with van der Waals surface area (Å²) >= 11 is 0. The van der Waals surface area contributed by atoms with Gasteiger partial charge in [-0.1, -0.05) is 6.07 Å². The van der Waals surface area contributed by atoms with E-state index in [1.54, 1.807) is 31.6 Å². The third-order valence-electron chi connectivity index (χ3n) is 4.78. The van der Waals surface area contributed by atoms with E-state index < -0.39 is 17.8 Å². The van der Waals surface area contributed by atoms with E-state index in [0.717, 1.165) is 32.0 Å². The number of nitrogens with one attached hydrogen (secondary N) is 3. The number of halogens is 3. The molecule has 1 saturated heterocycles. The van der Waals surface area contributed by atoms with Gasteiger partial charge in [0.1, 0.15) is 5.82 Å². The van der Waals surface area contributed by atoms with Crippen LogP contribution in [0.3, 0.4) is 0 Å². The van der Waals surface area contributed by atoms with Gasteiger partial charge in [0.2, 0.25) is 0 Å². The minimum atomic E-state index is -4.48. The number of piperidine rings is 1. The Kier molecular flexibility index (Phi) is 6.28. The SMILES string of the molecule is CNC(c1cccnc1)c1nc(NCC2CCCNC2)ccc1C(F)(F)F. The van der Waals surface area contributed by atoms with Gasteiger partial charge in [0.25, 0.3) is 0 Å². The molecular formula is C19H24F3N5. The highest BCUT2D eigenvalue weighted by Gasteiger charge is 2.36. The van der Waals surface area contributed by atoms with Crippen LogP contribution in [0.5, 0.6) is 0 Å². The molecular weight excluding hydrogens is 355 g/mol. The number of hydrogen-bond donors (Lipinski definition) is 3. The molecule has 2 unspecified atom stereocenters. The molecule has 2 aromatic rings. The van der Waals surface area contributed by atoms with Gasteiger partial charge in [-0.2, -0.15) is 13.2 Å². The molecule has 5 nitrogen and oxygen atoms in total. The Bertz CT molecular complexity index is 730. The summed E-state index contributed by atoms with van der Waals surface area (Å²) in [6.07, 6.45) is 0.871. The van der Waals surface area contributed by atoms with Gasteiger partial charge in [0.15, 0.2) is 0 Å². The summed E-state index contributed by atoms with van der Waals surface area (Å²) in [6.45, 7) is 2.62. The van der Waals surface area contributed by atoms with E-state index in [4.69, 9.17) is 0 Å². The van der Waals surface area contributed by atoms with Crippen LogP contribution in [0.15, 0.2) is 36.7 Å². The average molecular weight is 379 g/mol. The number of rotatable bonds is 6. The monoisotopic (exact) mass is 379 g/mol. The Morgan fingerprint density at radius 2 is 2.15 bits per heavy atom. The fourth-order valence-electron chi connectivity index (χ4n) is 3.39. The molecule has 8 heteroatoms. The highest BCUT2D eigenvalue weighted by atomic mass is 19.4. The Morgan fingerprint density at radius 1 is 1.30 bits per heavy atom. The van der Waals surface area contributed by atoms with Crippen LogP contribution < -0.4 is 16.0 Å². The third-order valence-corrected chi connectivity index (χ3v) is 4.78. The van der Waals surface area contributed by atoms with Crippen molar-refractivity contribution in [2.75, 3.05) is 32.0 Å². The first-order valence-corrected chi connectivity index (χ1v) is 9.09. The van der Waals surface area contributed by atoms with Crippen molar-refractivity contribution in [1.29, 1.82) is 0 Å². The molecule has 2 aromatic heterocycles. The van der Waals surface area contributed by atoms with Crippen LogP contribution in [0.25, 0.3) is 0 Å². The Labute approximate surface area is 156 Å². The van der Waals surface area contributed by atoms with Crippen LogP contribution in [0.2, 0.25) is 0 Å². The van der Waals surface area contributed by atoms with Crippen molar-refractivity contribution in [2.45, 2.75) is 25.1 Å². The lowest BCUT2D eigenvalue weighted by Gasteiger charge is -2.24. The zero-order valence-corrected chi connectivity index (χ0v) is 15.2. The van der Waals surface area contributed by atoms with E-state index >= 15 is 0 Å². The van der Waals surface area contributed by atoms with Gasteiger partial charge in [-0.3, -0.25) is 4.98 Å². The summed E-state index contributed by atoms with van der Waals surface area (Å²) in [5, 5.41) is 9.48. The van der Waals surface area contributed by atoms with Crippen molar-refractivity contribution in [3.8, 4) is 0 Å². The first kappa shape index (κ1) is 19.6. The molecule has 146 valence electrons. The molecule has 1 fully saturated rings. The van der Waals surface area contributed by atoms with E-state index in [9.17, 15) is 13.2 Å². The maximum atomic E-state index is 13.6. The lowest BCUT2D eigenvalue weighted by Crippen LogP contribution is -2.33. The summed E-state index contributed by atoms with van der Waals surface area (Å²) in [5.41, 5.74) is -0.160. The van der Waals surface area contributed by atoms with E-state index in [-0.39, 0.29) is 5.69 Å². The maximum Gasteiger partial charge on any atom is 0.418 e. The fraction of sp³-hybridized carbons (Fsp3) is 0.474. The maximum absolute atomic E-state index is 13.6. The van der Waals surface area contributed by atoms with Gasteiger partial charge in [0.05, 0.1) is 17.3 Å². The highest BCUT2D eigenvalue weighted by molar-refractivity contribution is 5.43. The molecule has 3 rings (SSSR count). The molecule has 2 atom stereocenters. The smallest absolute Gasteiger partial charge is 0.370 e. The number of anilines is 1. The van der Waals surface area contributed by atoms with E-state index in [0.29, 0.717) is 23.8 Å². The van der Waals surface area contributed by atoms with E-state index in [1.165, 1.54) is 6.07 Å². The van der Waals surface area contributed by atoms with Crippen molar-refractivity contribution >= 4 is 5.82 Å². The molecule has 0 spiro atoms. The summed E-state index contributed by atoms with van der Waals surface area (Å²) < 4.78 is 40.7. The zero-order chi connectivity index (χ0) is 19.3. The Hall–Kier alpha value is -2.19. The van der Waals surface area contributed by atoms with Crippen LogP contribution in [0.4, 0.5) is 19.0 Å². The first-order chi connectivity index (χ1) is 13.0. The largest absolute Gasteiger partial charge is 0.418 e. The van der Waals surface area contributed by atoms with Gasteiger partial charge in [-0.05, 0) is 62.7 Å². The first-order valence-electron chi connectivity index (χ1n) is 9.09. The molecule has 3 N–H and O–H groups in total. The number of pyridine rings is 2. The molecule has 0 aromatic carbocycles. The second kappa shape index (κ2) is 8.67. The molecule has 1 aliphatic heterocycles. The van der Waals surface area contributed by atoms with Gasteiger partial charge in [0, 0.05) is 18.9 Å². The number of hydrogen-bond acceptors (Lipinski definition) is 5. The van der Waals surface area contributed by atoms with Crippen LogP contribution in [-0.2, 0) is 6.18 Å². The van der Waals surface area contributed by atoms with Gasteiger partial charge in [-0.15, -0.1) is 0 Å². The van der Waals surface area contributed by atoms with Crippen LogP contribution in [-0.4, -0.2) is 36.6 Å². The predicted molar refractivity (Wildman–Crippen MR) is 98.5 cm³/mol. The highest BCUT2D eigenvalue weighted by Crippen LogP contribution is 2.36. The number of alkyl halides is 3. The van der Waals surface area contributed by atoms with Gasteiger partial charge < -0.3 is 16.0 Å². The second-order valence-electron chi connectivity index (χ2n) is 6.73. The van der Waals surface area contributed by atoms with E-state index in [2.05, 4.69) is 25.9 Å². The van der Waals surface area contributed by atoms with Crippen LogP contribution >= 0.6 is 0 Å². The lowest BCUT2D eigenvalue weighted by molar-refractivity contribution is -0.138. The molecule has 27 heavy (non-hydrogen) atoms.